The van der Waals surface area contributed by atoms with Crippen molar-refractivity contribution < 1.29 is 4.39 Å². The molecule has 0 aliphatic rings. The smallest absolute Gasteiger partial charge is 0.142 e. The van der Waals surface area contributed by atoms with Gasteiger partial charge in [-0.3, -0.25) is 4.90 Å². The minimum absolute atomic E-state index is 0.0670. The fraction of sp³-hybridized carbons (Fsp3) is 0.286. The van der Waals surface area contributed by atoms with Crippen LogP contribution in [0.3, 0.4) is 0 Å². The fourth-order valence-corrected chi connectivity index (χ4v) is 3.35. The minimum atomic E-state index is -0.421. The lowest BCUT2D eigenvalue weighted by Gasteiger charge is -2.27. The molecule has 6 heteroatoms. The van der Waals surface area contributed by atoms with Crippen molar-refractivity contribution in [3.8, 4) is 0 Å². The molecule has 0 saturated heterocycles. The van der Waals surface area contributed by atoms with Crippen LogP contribution in [-0.4, -0.2) is 18.5 Å². The second-order valence-corrected chi connectivity index (χ2v) is 6.75. The third-order valence-corrected chi connectivity index (χ3v) is 4.64. The summed E-state index contributed by atoms with van der Waals surface area (Å²) in [7, 11) is 1.96. The number of halogens is 3. The Bertz CT molecular complexity index is 588. The van der Waals surface area contributed by atoms with Crippen molar-refractivity contribution in [2.24, 2.45) is 5.73 Å². The summed E-state index contributed by atoms with van der Waals surface area (Å²) in [6.07, 6.45) is 0. The summed E-state index contributed by atoms with van der Waals surface area (Å²) < 4.78 is 14.3. The highest BCUT2D eigenvalue weighted by Gasteiger charge is 2.17. The number of benzene rings is 1. The Morgan fingerprint density at radius 1 is 1.30 bits per heavy atom. The van der Waals surface area contributed by atoms with Crippen LogP contribution in [0.25, 0.3) is 0 Å². The predicted molar refractivity (Wildman–Crippen MR) is 84.0 cm³/mol. The summed E-state index contributed by atoms with van der Waals surface area (Å²) in [6.45, 7) is 1.11. The number of nitrogens with zero attached hydrogens (tertiary/aromatic N) is 1. The summed E-state index contributed by atoms with van der Waals surface area (Å²) in [6, 6.07) is 8.60. The van der Waals surface area contributed by atoms with Crippen LogP contribution in [-0.2, 0) is 6.54 Å². The number of hydrogen-bond donors (Lipinski definition) is 1. The van der Waals surface area contributed by atoms with E-state index in [4.69, 9.17) is 28.9 Å². The Balaban J connectivity index is 2.16. The maximum Gasteiger partial charge on any atom is 0.142 e. The van der Waals surface area contributed by atoms with Crippen LogP contribution in [0.15, 0.2) is 30.3 Å². The molecule has 0 bridgehead atoms. The highest BCUT2D eigenvalue weighted by molar-refractivity contribution is 7.16. The first kappa shape index (κ1) is 15.7. The number of thiophene rings is 1. The minimum Gasteiger partial charge on any atom is -0.329 e. The van der Waals surface area contributed by atoms with E-state index in [0.717, 1.165) is 14.8 Å². The average Bonchev–Trinajstić information content (AvgIpc) is 2.80. The molecule has 20 heavy (non-hydrogen) atoms. The molecule has 0 fully saturated rings. The number of hydrogen-bond acceptors (Lipinski definition) is 3. The van der Waals surface area contributed by atoms with Gasteiger partial charge in [-0.05, 0) is 36.9 Å². The van der Waals surface area contributed by atoms with Gasteiger partial charge in [0.15, 0.2) is 0 Å². The summed E-state index contributed by atoms with van der Waals surface area (Å²) in [5.74, 6) is -0.421. The van der Waals surface area contributed by atoms with E-state index < -0.39 is 5.82 Å². The second-order valence-electron chi connectivity index (χ2n) is 4.55. The van der Waals surface area contributed by atoms with Gasteiger partial charge in [-0.1, -0.05) is 29.3 Å². The second kappa shape index (κ2) is 6.87. The Kier molecular flexibility index (Phi) is 5.41. The molecule has 0 aliphatic carbocycles. The van der Waals surface area contributed by atoms with E-state index in [2.05, 4.69) is 4.90 Å². The van der Waals surface area contributed by atoms with Gasteiger partial charge in [-0.15, -0.1) is 11.3 Å². The first-order valence-electron chi connectivity index (χ1n) is 6.10. The van der Waals surface area contributed by atoms with E-state index in [1.807, 2.05) is 19.2 Å². The number of likely N-dealkylation sites (N-methyl/N-ethyl adjacent to an activating group) is 1. The highest BCUT2D eigenvalue weighted by Crippen LogP contribution is 2.27. The molecule has 0 radical (unpaired) electrons. The van der Waals surface area contributed by atoms with Crippen LogP contribution < -0.4 is 5.73 Å². The normalized spacial score (nSPS) is 12.9. The standard InChI is InChI=1S/C14H15Cl2FN2S/c1-19(8-10-3-5-14(16)20-10)13(7-18)9-2-4-11(15)12(17)6-9/h2-6,13H,7-8,18H2,1H3. The van der Waals surface area contributed by atoms with E-state index in [0.29, 0.717) is 13.1 Å². The molecule has 2 rings (SSSR count). The molecule has 1 aromatic heterocycles. The zero-order valence-electron chi connectivity index (χ0n) is 10.9. The van der Waals surface area contributed by atoms with Crippen molar-refractivity contribution in [2.45, 2.75) is 12.6 Å². The molecule has 2 nitrogen and oxygen atoms in total. The lowest BCUT2D eigenvalue weighted by molar-refractivity contribution is 0.243. The molecule has 1 atom stereocenters. The Hall–Kier alpha value is -0.650. The zero-order valence-corrected chi connectivity index (χ0v) is 13.3. The van der Waals surface area contributed by atoms with Crippen LogP contribution in [0.2, 0.25) is 9.36 Å². The van der Waals surface area contributed by atoms with Crippen molar-refractivity contribution in [2.75, 3.05) is 13.6 Å². The van der Waals surface area contributed by atoms with Gasteiger partial charge >= 0.3 is 0 Å². The van der Waals surface area contributed by atoms with E-state index >= 15 is 0 Å². The molecule has 0 amide bonds. The van der Waals surface area contributed by atoms with Crippen LogP contribution in [0.5, 0.6) is 0 Å². The molecule has 0 spiro atoms. The van der Waals surface area contributed by atoms with Gasteiger partial charge in [0.2, 0.25) is 0 Å². The maximum absolute atomic E-state index is 13.6. The van der Waals surface area contributed by atoms with Crippen LogP contribution >= 0.6 is 34.5 Å². The first-order chi connectivity index (χ1) is 9.51. The van der Waals surface area contributed by atoms with Gasteiger partial charge in [0.05, 0.1) is 9.36 Å². The molecule has 0 saturated carbocycles. The third-order valence-electron chi connectivity index (χ3n) is 3.12. The molecule has 2 aromatic rings. The summed E-state index contributed by atoms with van der Waals surface area (Å²) in [5, 5.41) is 0.122. The van der Waals surface area contributed by atoms with E-state index in [9.17, 15) is 4.39 Å². The maximum atomic E-state index is 13.6. The molecule has 1 aromatic carbocycles. The molecule has 1 heterocycles. The molecular formula is C14H15Cl2FN2S. The Labute approximate surface area is 131 Å². The van der Waals surface area contributed by atoms with Gasteiger partial charge in [0.25, 0.3) is 0 Å². The lowest BCUT2D eigenvalue weighted by Crippen LogP contribution is -2.30. The first-order valence-corrected chi connectivity index (χ1v) is 7.68. The van der Waals surface area contributed by atoms with Crippen molar-refractivity contribution in [3.63, 3.8) is 0 Å². The van der Waals surface area contributed by atoms with Crippen LogP contribution in [0.4, 0.5) is 4.39 Å². The molecular weight excluding hydrogens is 318 g/mol. The van der Waals surface area contributed by atoms with Crippen LogP contribution in [0.1, 0.15) is 16.5 Å². The zero-order chi connectivity index (χ0) is 14.7. The van der Waals surface area contributed by atoms with Crippen molar-refractivity contribution >= 4 is 34.5 Å². The monoisotopic (exact) mass is 332 g/mol. The summed E-state index contributed by atoms with van der Waals surface area (Å²) >= 11 is 13.2. The quantitative estimate of drug-likeness (QED) is 0.883. The largest absolute Gasteiger partial charge is 0.329 e. The molecule has 1 unspecified atom stereocenters. The van der Waals surface area contributed by atoms with E-state index in [1.54, 1.807) is 12.1 Å². The van der Waals surface area contributed by atoms with E-state index in [-0.39, 0.29) is 11.1 Å². The van der Waals surface area contributed by atoms with Gasteiger partial charge < -0.3 is 5.73 Å². The lowest BCUT2D eigenvalue weighted by atomic mass is 10.1. The molecule has 108 valence electrons. The van der Waals surface area contributed by atoms with Gasteiger partial charge in [0.1, 0.15) is 5.82 Å². The van der Waals surface area contributed by atoms with Crippen molar-refractivity contribution in [1.29, 1.82) is 0 Å². The Morgan fingerprint density at radius 3 is 2.60 bits per heavy atom. The SMILES string of the molecule is CN(Cc1ccc(Cl)s1)C(CN)c1ccc(Cl)c(F)c1. The average molecular weight is 333 g/mol. The summed E-state index contributed by atoms with van der Waals surface area (Å²) in [4.78, 5) is 3.22. The number of nitrogens with two attached hydrogens (primary N) is 1. The summed E-state index contributed by atoms with van der Waals surface area (Å²) in [5.41, 5.74) is 6.65. The molecule has 0 aliphatic heterocycles. The van der Waals surface area contributed by atoms with Gasteiger partial charge in [-0.2, -0.15) is 0 Å². The molecule has 2 N–H and O–H groups in total. The topological polar surface area (TPSA) is 29.3 Å². The van der Waals surface area contributed by atoms with Crippen molar-refractivity contribution in [1.82, 2.24) is 4.90 Å². The van der Waals surface area contributed by atoms with Gasteiger partial charge in [0, 0.05) is 24.0 Å². The third kappa shape index (κ3) is 3.71. The van der Waals surface area contributed by atoms with Gasteiger partial charge in [-0.25, -0.2) is 4.39 Å². The predicted octanol–water partition coefficient (Wildman–Crippen LogP) is 4.33. The number of rotatable bonds is 5. The highest BCUT2D eigenvalue weighted by atomic mass is 35.5. The fourth-order valence-electron chi connectivity index (χ4n) is 2.08. The Morgan fingerprint density at radius 2 is 2.05 bits per heavy atom. The van der Waals surface area contributed by atoms with Crippen molar-refractivity contribution in [3.05, 3.63) is 55.9 Å². The van der Waals surface area contributed by atoms with E-state index in [1.165, 1.54) is 17.4 Å². The van der Waals surface area contributed by atoms with Crippen LogP contribution in [0, 0.1) is 5.82 Å².